The van der Waals surface area contributed by atoms with Crippen molar-refractivity contribution >= 4 is 11.3 Å². The van der Waals surface area contributed by atoms with E-state index in [1.54, 1.807) is 16.0 Å². The molecule has 7 heteroatoms. The first-order chi connectivity index (χ1) is 13.0. The fraction of sp³-hybridized carbons (Fsp3) is 0.250. The molecule has 138 valence electrons. The highest BCUT2D eigenvalue weighted by Crippen LogP contribution is 2.25. The molecule has 0 amide bonds. The van der Waals surface area contributed by atoms with E-state index in [1.165, 1.54) is 5.56 Å². The smallest absolute Gasteiger partial charge is 0.278 e. The van der Waals surface area contributed by atoms with Crippen LogP contribution in [0.15, 0.2) is 58.6 Å². The molecule has 0 N–H and O–H groups in total. The predicted molar refractivity (Wildman–Crippen MR) is 105 cm³/mol. The van der Waals surface area contributed by atoms with Crippen molar-refractivity contribution < 1.29 is 9.26 Å². The van der Waals surface area contributed by atoms with E-state index < -0.39 is 0 Å². The monoisotopic (exact) mass is 380 g/mol. The van der Waals surface area contributed by atoms with Gasteiger partial charge in [-0.2, -0.15) is 10.1 Å². The Labute approximate surface area is 161 Å². The van der Waals surface area contributed by atoms with Gasteiger partial charge in [-0.3, -0.25) is 0 Å². The lowest BCUT2D eigenvalue weighted by atomic mass is 9.87. The molecular weight excluding hydrogens is 360 g/mol. The standard InChI is InChI=1S/C20H20N4O2S/c1-20(2,3)14-6-8-15(9-7-14)25-13-24-11-10-16(22-24)19-21-18(23-26-19)17-5-4-12-27-17/h4-12H,13H2,1-3H3. The SMILES string of the molecule is CC(C)(C)c1ccc(OCn2ccc(-c3nc(-c4cccs4)no3)n2)cc1. The van der Waals surface area contributed by atoms with Gasteiger partial charge >= 0.3 is 0 Å². The summed E-state index contributed by atoms with van der Waals surface area (Å²) >= 11 is 1.57. The Morgan fingerprint density at radius 3 is 2.63 bits per heavy atom. The van der Waals surface area contributed by atoms with Gasteiger partial charge in [-0.1, -0.05) is 44.1 Å². The fourth-order valence-corrected chi connectivity index (χ4v) is 3.22. The zero-order chi connectivity index (χ0) is 18.9. The summed E-state index contributed by atoms with van der Waals surface area (Å²) in [6.45, 7) is 6.88. The number of nitrogens with zero attached hydrogens (tertiary/aromatic N) is 4. The van der Waals surface area contributed by atoms with Gasteiger partial charge in [0.05, 0.1) is 4.88 Å². The minimum Gasteiger partial charge on any atom is -0.471 e. The lowest BCUT2D eigenvalue weighted by Gasteiger charge is -2.19. The van der Waals surface area contributed by atoms with Crippen LogP contribution in [0.25, 0.3) is 22.3 Å². The molecular formula is C20H20N4O2S. The van der Waals surface area contributed by atoms with Crippen LogP contribution in [0.3, 0.4) is 0 Å². The summed E-state index contributed by atoms with van der Waals surface area (Å²) in [4.78, 5) is 5.37. The number of benzene rings is 1. The summed E-state index contributed by atoms with van der Waals surface area (Å²) in [5, 5.41) is 10.4. The molecule has 0 aliphatic heterocycles. The van der Waals surface area contributed by atoms with Gasteiger partial charge < -0.3 is 9.26 Å². The molecule has 3 aromatic heterocycles. The highest BCUT2D eigenvalue weighted by atomic mass is 32.1. The molecule has 27 heavy (non-hydrogen) atoms. The Morgan fingerprint density at radius 2 is 1.93 bits per heavy atom. The van der Waals surface area contributed by atoms with E-state index in [9.17, 15) is 0 Å². The molecule has 0 aliphatic carbocycles. The van der Waals surface area contributed by atoms with Crippen LogP contribution in [0.1, 0.15) is 26.3 Å². The summed E-state index contributed by atoms with van der Waals surface area (Å²) in [6.07, 6.45) is 1.83. The fourth-order valence-electron chi connectivity index (χ4n) is 2.57. The molecule has 0 bridgehead atoms. The third-order valence-corrected chi connectivity index (χ3v) is 4.98. The summed E-state index contributed by atoms with van der Waals surface area (Å²) in [6, 6.07) is 13.9. The summed E-state index contributed by atoms with van der Waals surface area (Å²) in [5.74, 6) is 1.77. The van der Waals surface area contributed by atoms with Crippen molar-refractivity contribution in [3.8, 4) is 28.0 Å². The molecule has 0 fully saturated rings. The Balaban J connectivity index is 1.41. The van der Waals surface area contributed by atoms with E-state index in [-0.39, 0.29) is 5.41 Å². The zero-order valence-electron chi connectivity index (χ0n) is 15.4. The van der Waals surface area contributed by atoms with Gasteiger partial charge in [0.2, 0.25) is 5.82 Å². The first kappa shape index (κ1) is 17.5. The van der Waals surface area contributed by atoms with Crippen LogP contribution < -0.4 is 4.74 Å². The summed E-state index contributed by atoms with van der Waals surface area (Å²) < 4.78 is 12.8. The minimum atomic E-state index is 0.126. The third-order valence-electron chi connectivity index (χ3n) is 4.11. The normalized spacial score (nSPS) is 11.7. The van der Waals surface area contributed by atoms with Gasteiger partial charge in [-0.15, -0.1) is 11.3 Å². The van der Waals surface area contributed by atoms with Crippen LogP contribution in [0, 0.1) is 0 Å². The Kier molecular flexibility index (Phi) is 4.53. The van der Waals surface area contributed by atoms with Gasteiger partial charge in [-0.25, -0.2) is 4.68 Å². The number of rotatable bonds is 5. The molecule has 1 aromatic carbocycles. The molecule has 0 atom stereocenters. The van der Waals surface area contributed by atoms with Crippen LogP contribution in [0.5, 0.6) is 5.75 Å². The average Bonchev–Trinajstić information content (AvgIpc) is 3.39. The largest absolute Gasteiger partial charge is 0.471 e. The van der Waals surface area contributed by atoms with Crippen molar-refractivity contribution in [1.82, 2.24) is 19.9 Å². The van der Waals surface area contributed by atoms with Gasteiger partial charge in [0, 0.05) is 6.20 Å². The number of hydrogen-bond acceptors (Lipinski definition) is 6. The average molecular weight is 380 g/mol. The van der Waals surface area contributed by atoms with E-state index in [4.69, 9.17) is 9.26 Å². The molecule has 0 saturated carbocycles. The van der Waals surface area contributed by atoms with Crippen molar-refractivity contribution in [2.75, 3.05) is 0 Å². The molecule has 4 aromatic rings. The van der Waals surface area contributed by atoms with Crippen molar-refractivity contribution in [3.63, 3.8) is 0 Å². The Morgan fingerprint density at radius 1 is 1.11 bits per heavy atom. The van der Waals surface area contributed by atoms with Gasteiger partial charge in [0.1, 0.15) is 5.75 Å². The number of aromatic nitrogens is 4. The second kappa shape index (κ2) is 7.00. The first-order valence-corrected chi connectivity index (χ1v) is 9.52. The molecule has 0 aliphatic rings. The van der Waals surface area contributed by atoms with E-state index in [0.29, 0.717) is 24.1 Å². The number of hydrogen-bond donors (Lipinski definition) is 0. The van der Waals surface area contributed by atoms with E-state index in [2.05, 4.69) is 48.1 Å². The van der Waals surface area contributed by atoms with Crippen LogP contribution >= 0.6 is 11.3 Å². The maximum atomic E-state index is 5.81. The van der Waals surface area contributed by atoms with Crippen molar-refractivity contribution in [2.24, 2.45) is 0 Å². The third kappa shape index (κ3) is 3.93. The quantitative estimate of drug-likeness (QED) is 0.488. The maximum absolute atomic E-state index is 5.81. The maximum Gasteiger partial charge on any atom is 0.278 e. The van der Waals surface area contributed by atoms with E-state index in [0.717, 1.165) is 10.6 Å². The first-order valence-electron chi connectivity index (χ1n) is 8.64. The predicted octanol–water partition coefficient (Wildman–Crippen LogP) is 5.00. The summed E-state index contributed by atoms with van der Waals surface area (Å²) in [5.41, 5.74) is 2.02. The van der Waals surface area contributed by atoms with Crippen LogP contribution in [-0.2, 0) is 12.1 Å². The topological polar surface area (TPSA) is 66.0 Å². The van der Waals surface area contributed by atoms with Gasteiger partial charge in [-0.05, 0) is 40.6 Å². The van der Waals surface area contributed by atoms with E-state index in [1.807, 2.05) is 41.9 Å². The van der Waals surface area contributed by atoms with Crippen molar-refractivity contribution in [3.05, 3.63) is 59.6 Å². The van der Waals surface area contributed by atoms with Crippen LogP contribution in [0.4, 0.5) is 0 Å². The number of thiophene rings is 1. The second-order valence-electron chi connectivity index (χ2n) is 7.19. The highest BCUT2D eigenvalue weighted by molar-refractivity contribution is 7.13. The molecule has 6 nitrogen and oxygen atoms in total. The highest BCUT2D eigenvalue weighted by Gasteiger charge is 2.14. The lowest BCUT2D eigenvalue weighted by Crippen LogP contribution is -2.11. The van der Waals surface area contributed by atoms with Crippen LogP contribution in [0.2, 0.25) is 0 Å². The number of ether oxygens (including phenoxy) is 1. The Bertz CT molecular complexity index is 1010. The molecule has 4 rings (SSSR count). The van der Waals surface area contributed by atoms with Crippen molar-refractivity contribution in [2.45, 2.75) is 32.9 Å². The minimum absolute atomic E-state index is 0.126. The lowest BCUT2D eigenvalue weighted by molar-refractivity contribution is 0.221. The zero-order valence-corrected chi connectivity index (χ0v) is 16.2. The van der Waals surface area contributed by atoms with Crippen LogP contribution in [-0.4, -0.2) is 19.9 Å². The molecule has 0 radical (unpaired) electrons. The van der Waals surface area contributed by atoms with Crippen molar-refractivity contribution in [1.29, 1.82) is 0 Å². The summed E-state index contributed by atoms with van der Waals surface area (Å²) in [7, 11) is 0. The van der Waals surface area contributed by atoms with Gasteiger partial charge in [0.15, 0.2) is 12.4 Å². The van der Waals surface area contributed by atoms with Gasteiger partial charge in [0.25, 0.3) is 5.89 Å². The Hall–Kier alpha value is -2.93. The second-order valence-corrected chi connectivity index (χ2v) is 8.14. The molecule has 0 unspecified atom stereocenters. The van der Waals surface area contributed by atoms with E-state index >= 15 is 0 Å². The molecule has 0 spiro atoms. The molecule has 3 heterocycles. The molecule has 0 saturated heterocycles.